The van der Waals surface area contributed by atoms with E-state index in [-0.39, 0.29) is 21.6 Å². The van der Waals surface area contributed by atoms with E-state index in [1.807, 2.05) is 0 Å². The Morgan fingerprint density at radius 1 is 1.29 bits per heavy atom. The van der Waals surface area contributed by atoms with Gasteiger partial charge in [-0.2, -0.15) is 0 Å². The van der Waals surface area contributed by atoms with Gasteiger partial charge in [-0.3, -0.25) is 19.0 Å². The summed E-state index contributed by atoms with van der Waals surface area (Å²) in [7, 11) is 0. The summed E-state index contributed by atoms with van der Waals surface area (Å²) < 4.78 is 1.56. The van der Waals surface area contributed by atoms with Crippen molar-refractivity contribution in [1.82, 2.24) is 14.5 Å². The summed E-state index contributed by atoms with van der Waals surface area (Å²) >= 11 is 5.79. The van der Waals surface area contributed by atoms with Gasteiger partial charge in [0.15, 0.2) is 0 Å². The summed E-state index contributed by atoms with van der Waals surface area (Å²) in [5.74, 6) is -0.491. The van der Waals surface area contributed by atoms with Crippen LogP contribution in [0.2, 0.25) is 5.02 Å². The minimum absolute atomic E-state index is 0.0750. The summed E-state index contributed by atoms with van der Waals surface area (Å²) in [4.78, 5) is 43.7. The van der Waals surface area contributed by atoms with Crippen LogP contribution in [0.5, 0.6) is 0 Å². The first kappa shape index (κ1) is 19.8. The van der Waals surface area contributed by atoms with Crippen LogP contribution in [0.15, 0.2) is 46.4 Å². The largest absolute Gasteiger partial charge is 0.327 e. The van der Waals surface area contributed by atoms with Crippen molar-refractivity contribution in [2.75, 3.05) is 5.32 Å². The number of fused-ring (bicyclic) bond motifs is 1. The lowest BCUT2D eigenvalue weighted by Gasteiger charge is -2.18. The van der Waals surface area contributed by atoms with Gasteiger partial charge in [0.05, 0.1) is 28.5 Å². The third-order valence-electron chi connectivity index (χ3n) is 4.32. The standard InChI is InChI=1S/C20H21ClN4O3/c1-20(2,3)7-8-25-11-23-14-5-4-6-15(16(14)19(25)28)24-17(26)12-9-13(21)18(27)22-10-12/h4-6,9-11H,7-8H2,1-3H3,(H,22,27)(H,24,26). The van der Waals surface area contributed by atoms with Crippen LogP contribution in [0.25, 0.3) is 10.9 Å². The Labute approximate surface area is 166 Å². The number of nitrogens with zero attached hydrogens (tertiary/aromatic N) is 2. The van der Waals surface area contributed by atoms with Crippen LogP contribution in [0.1, 0.15) is 37.6 Å². The zero-order valence-electron chi connectivity index (χ0n) is 15.9. The highest BCUT2D eigenvalue weighted by Crippen LogP contribution is 2.21. The number of carbonyl (C=O) groups excluding carboxylic acids is 1. The number of pyridine rings is 1. The molecule has 2 N–H and O–H groups in total. The fraction of sp³-hybridized carbons (Fsp3) is 0.300. The molecule has 0 aliphatic carbocycles. The van der Waals surface area contributed by atoms with Gasteiger partial charge in [-0.1, -0.05) is 38.4 Å². The monoisotopic (exact) mass is 400 g/mol. The second kappa shape index (κ2) is 7.59. The highest BCUT2D eigenvalue weighted by Gasteiger charge is 2.15. The Bertz CT molecular complexity index is 1160. The fourth-order valence-electron chi connectivity index (χ4n) is 2.70. The normalized spacial score (nSPS) is 11.6. The zero-order chi connectivity index (χ0) is 20.5. The molecule has 1 aromatic carbocycles. The lowest BCUT2D eigenvalue weighted by Crippen LogP contribution is -2.24. The first-order chi connectivity index (χ1) is 13.2. The molecule has 8 heteroatoms. The SMILES string of the molecule is CC(C)(C)CCn1cnc2cccc(NC(=O)c3c[nH]c(=O)c(Cl)c3)c2c1=O. The number of carbonyl (C=O) groups is 1. The number of aromatic amines is 1. The first-order valence-electron chi connectivity index (χ1n) is 8.83. The number of aromatic nitrogens is 3. The molecule has 7 nitrogen and oxygen atoms in total. The summed E-state index contributed by atoms with van der Waals surface area (Å²) in [6, 6.07) is 6.35. The molecule has 0 fully saturated rings. The van der Waals surface area contributed by atoms with Crippen LogP contribution < -0.4 is 16.4 Å². The van der Waals surface area contributed by atoms with Crippen LogP contribution in [0.4, 0.5) is 5.69 Å². The van der Waals surface area contributed by atoms with E-state index >= 15 is 0 Å². The molecule has 146 valence electrons. The second-order valence-electron chi connectivity index (χ2n) is 7.77. The molecule has 0 spiro atoms. The van der Waals surface area contributed by atoms with Crippen molar-refractivity contribution >= 4 is 34.1 Å². The number of nitrogens with one attached hydrogen (secondary N) is 2. The Morgan fingerprint density at radius 2 is 2.04 bits per heavy atom. The van der Waals surface area contributed by atoms with E-state index in [1.54, 1.807) is 22.8 Å². The van der Waals surface area contributed by atoms with Gasteiger partial charge in [-0.05, 0) is 30.0 Å². The molecule has 0 bridgehead atoms. The second-order valence-corrected chi connectivity index (χ2v) is 8.18. The lowest BCUT2D eigenvalue weighted by molar-refractivity contribution is 0.102. The fourth-order valence-corrected chi connectivity index (χ4v) is 2.87. The van der Waals surface area contributed by atoms with E-state index in [4.69, 9.17) is 11.6 Å². The quantitative estimate of drug-likeness (QED) is 0.701. The summed E-state index contributed by atoms with van der Waals surface area (Å²) in [6.07, 6.45) is 3.61. The van der Waals surface area contributed by atoms with Crippen LogP contribution in [0.3, 0.4) is 0 Å². The smallest absolute Gasteiger partial charge is 0.266 e. The number of anilines is 1. The predicted octanol–water partition coefficient (Wildman–Crippen LogP) is 3.43. The van der Waals surface area contributed by atoms with Gasteiger partial charge in [0.2, 0.25) is 0 Å². The lowest BCUT2D eigenvalue weighted by atomic mass is 9.92. The number of aryl methyl sites for hydroxylation is 1. The molecule has 28 heavy (non-hydrogen) atoms. The van der Waals surface area contributed by atoms with Crippen LogP contribution in [-0.2, 0) is 6.54 Å². The molecule has 3 aromatic rings. The number of amides is 1. The average Bonchev–Trinajstić information content (AvgIpc) is 2.62. The molecule has 0 aliphatic rings. The summed E-state index contributed by atoms with van der Waals surface area (Å²) in [6.45, 7) is 6.84. The van der Waals surface area contributed by atoms with Gasteiger partial charge >= 0.3 is 0 Å². The molecule has 0 unspecified atom stereocenters. The van der Waals surface area contributed by atoms with Gasteiger partial charge in [-0.25, -0.2) is 4.98 Å². The Balaban J connectivity index is 1.98. The highest BCUT2D eigenvalue weighted by molar-refractivity contribution is 6.30. The maximum absolute atomic E-state index is 13.0. The van der Waals surface area contributed by atoms with Crippen molar-refractivity contribution in [3.63, 3.8) is 0 Å². The number of hydrogen-bond acceptors (Lipinski definition) is 4. The number of halogens is 1. The molecule has 1 amide bonds. The molecule has 0 aliphatic heterocycles. The van der Waals surface area contributed by atoms with Gasteiger partial charge in [-0.15, -0.1) is 0 Å². The molecule has 0 radical (unpaired) electrons. The Kier molecular flexibility index (Phi) is 5.38. The van der Waals surface area contributed by atoms with Crippen molar-refractivity contribution in [3.8, 4) is 0 Å². The molecule has 2 heterocycles. The van der Waals surface area contributed by atoms with E-state index in [0.717, 1.165) is 6.42 Å². The van der Waals surface area contributed by atoms with Crippen molar-refractivity contribution in [2.24, 2.45) is 5.41 Å². The topological polar surface area (TPSA) is 96.8 Å². The summed E-state index contributed by atoms with van der Waals surface area (Å²) in [5, 5.41) is 2.96. The molecule has 2 aromatic heterocycles. The van der Waals surface area contributed by atoms with E-state index in [9.17, 15) is 14.4 Å². The minimum Gasteiger partial charge on any atom is -0.327 e. The number of H-pyrrole nitrogens is 1. The maximum atomic E-state index is 13.0. The Morgan fingerprint density at radius 3 is 2.71 bits per heavy atom. The van der Waals surface area contributed by atoms with Crippen molar-refractivity contribution in [3.05, 3.63) is 68.1 Å². The minimum atomic E-state index is -0.491. The third-order valence-corrected chi connectivity index (χ3v) is 4.61. The van der Waals surface area contributed by atoms with E-state index < -0.39 is 11.5 Å². The first-order valence-corrected chi connectivity index (χ1v) is 9.21. The highest BCUT2D eigenvalue weighted by atomic mass is 35.5. The van der Waals surface area contributed by atoms with Gasteiger partial charge < -0.3 is 10.3 Å². The van der Waals surface area contributed by atoms with Crippen LogP contribution in [-0.4, -0.2) is 20.4 Å². The van der Waals surface area contributed by atoms with Crippen LogP contribution >= 0.6 is 11.6 Å². The van der Waals surface area contributed by atoms with E-state index in [2.05, 4.69) is 36.1 Å². The van der Waals surface area contributed by atoms with Crippen LogP contribution in [0, 0.1) is 5.41 Å². The molecular formula is C20H21ClN4O3. The van der Waals surface area contributed by atoms with Gasteiger partial charge in [0.1, 0.15) is 5.02 Å². The molecule has 0 saturated carbocycles. The predicted molar refractivity (Wildman–Crippen MR) is 110 cm³/mol. The number of benzene rings is 1. The number of hydrogen-bond donors (Lipinski definition) is 2. The molecular weight excluding hydrogens is 380 g/mol. The summed E-state index contributed by atoms with van der Waals surface area (Å²) in [5.41, 5.74) is 0.408. The third kappa shape index (κ3) is 4.31. The zero-order valence-corrected chi connectivity index (χ0v) is 16.6. The van der Waals surface area contributed by atoms with Gasteiger partial charge in [0.25, 0.3) is 17.0 Å². The molecule has 3 rings (SSSR count). The van der Waals surface area contributed by atoms with Crippen molar-refractivity contribution in [1.29, 1.82) is 0 Å². The molecule has 0 saturated heterocycles. The maximum Gasteiger partial charge on any atom is 0.266 e. The van der Waals surface area contributed by atoms with Crippen molar-refractivity contribution < 1.29 is 4.79 Å². The van der Waals surface area contributed by atoms with E-state index in [1.165, 1.54) is 18.6 Å². The average molecular weight is 401 g/mol. The Hall–Kier alpha value is -2.93. The van der Waals surface area contributed by atoms with E-state index in [0.29, 0.717) is 23.1 Å². The number of rotatable bonds is 4. The van der Waals surface area contributed by atoms with Gasteiger partial charge in [0, 0.05) is 12.7 Å². The van der Waals surface area contributed by atoms with Crippen molar-refractivity contribution in [2.45, 2.75) is 33.7 Å². The molecule has 0 atom stereocenters.